The summed E-state index contributed by atoms with van der Waals surface area (Å²) in [4.78, 5) is 0. The Kier molecular flexibility index (Phi) is 2.16. The Balaban J connectivity index is 2.33. The molecule has 0 aromatic heterocycles. The molecule has 1 aliphatic rings. The van der Waals surface area contributed by atoms with Crippen molar-refractivity contribution < 1.29 is 0 Å². The third-order valence-electron chi connectivity index (χ3n) is 3.84. The van der Waals surface area contributed by atoms with E-state index in [1.165, 1.54) is 27.8 Å². The lowest BCUT2D eigenvalue weighted by Crippen LogP contribution is -2.25. The first-order chi connectivity index (χ1) is 8.08. The molecule has 0 nitrogen and oxygen atoms in total. The number of hydrogen-bond donors (Lipinski definition) is 0. The van der Waals surface area contributed by atoms with Crippen LogP contribution in [0, 0.1) is 6.92 Å². The Morgan fingerprint density at radius 3 is 2.53 bits per heavy atom. The minimum absolute atomic E-state index is 0.246. The van der Waals surface area contributed by atoms with Gasteiger partial charge in [0.25, 0.3) is 0 Å². The minimum Gasteiger partial charge on any atom is -0.0620 e. The highest BCUT2D eigenvalue weighted by molar-refractivity contribution is 5.75. The molecule has 0 atom stereocenters. The molecule has 0 N–H and O–H groups in total. The largest absolute Gasteiger partial charge is 0.0620 e. The van der Waals surface area contributed by atoms with Gasteiger partial charge in [0, 0.05) is 0 Å². The van der Waals surface area contributed by atoms with Crippen molar-refractivity contribution in [3.8, 4) is 11.1 Å². The van der Waals surface area contributed by atoms with Crippen LogP contribution in [-0.4, -0.2) is 0 Å². The quantitative estimate of drug-likeness (QED) is 0.616. The molecule has 0 fully saturated rings. The highest BCUT2D eigenvalue weighted by Gasteiger charge is 2.30. The lowest BCUT2D eigenvalue weighted by Gasteiger charge is -2.34. The first kappa shape index (κ1) is 10.6. The summed E-state index contributed by atoms with van der Waals surface area (Å²) in [5.41, 5.74) is 7.42. The Labute approximate surface area is 103 Å². The fraction of sp³-hybridized carbons (Fsp3) is 0.294. The van der Waals surface area contributed by atoms with Gasteiger partial charge in [0.05, 0.1) is 0 Å². The monoisotopic (exact) mass is 222 g/mol. The van der Waals surface area contributed by atoms with Crippen molar-refractivity contribution in [1.29, 1.82) is 0 Å². The van der Waals surface area contributed by atoms with Gasteiger partial charge in [0.15, 0.2) is 0 Å². The van der Waals surface area contributed by atoms with Gasteiger partial charge < -0.3 is 0 Å². The molecular formula is C17H18. The van der Waals surface area contributed by atoms with E-state index in [2.05, 4.69) is 63.2 Å². The number of aryl methyl sites for hydroxylation is 1. The molecule has 0 bridgehead atoms. The van der Waals surface area contributed by atoms with E-state index < -0.39 is 0 Å². The van der Waals surface area contributed by atoms with E-state index in [9.17, 15) is 0 Å². The summed E-state index contributed by atoms with van der Waals surface area (Å²) >= 11 is 0. The van der Waals surface area contributed by atoms with Gasteiger partial charge in [-0.2, -0.15) is 0 Å². The van der Waals surface area contributed by atoms with Gasteiger partial charge in [0.2, 0.25) is 0 Å². The van der Waals surface area contributed by atoms with Gasteiger partial charge in [-0.15, -0.1) is 0 Å². The molecule has 0 radical (unpaired) electrons. The zero-order valence-corrected chi connectivity index (χ0v) is 10.7. The Morgan fingerprint density at radius 2 is 1.71 bits per heavy atom. The summed E-state index contributed by atoms with van der Waals surface area (Å²) in [6.07, 6.45) is 1.14. The number of hydrogen-bond acceptors (Lipinski definition) is 0. The number of benzene rings is 2. The third-order valence-corrected chi connectivity index (χ3v) is 3.84. The first-order valence-corrected chi connectivity index (χ1v) is 6.27. The van der Waals surface area contributed by atoms with Crippen LogP contribution in [-0.2, 0) is 11.8 Å². The zero-order valence-electron chi connectivity index (χ0n) is 10.7. The molecule has 86 valence electrons. The summed E-state index contributed by atoms with van der Waals surface area (Å²) in [6, 6.07) is 15.7. The lowest BCUT2D eigenvalue weighted by atomic mass is 9.70. The number of fused-ring (bicyclic) bond motifs is 3. The van der Waals surface area contributed by atoms with Gasteiger partial charge in [-0.05, 0) is 41.0 Å². The fourth-order valence-electron chi connectivity index (χ4n) is 2.96. The van der Waals surface area contributed by atoms with Gasteiger partial charge in [0.1, 0.15) is 0 Å². The molecule has 0 heterocycles. The van der Waals surface area contributed by atoms with Crippen molar-refractivity contribution in [3.05, 3.63) is 59.2 Å². The second-order valence-electron chi connectivity index (χ2n) is 5.77. The smallest absolute Gasteiger partial charge is 0.00567 e. The molecular weight excluding hydrogens is 204 g/mol. The molecule has 17 heavy (non-hydrogen) atoms. The Hall–Kier alpha value is -1.56. The maximum atomic E-state index is 2.35. The van der Waals surface area contributed by atoms with E-state index in [4.69, 9.17) is 0 Å². The summed E-state index contributed by atoms with van der Waals surface area (Å²) < 4.78 is 0. The lowest BCUT2D eigenvalue weighted by molar-refractivity contribution is 0.517. The molecule has 0 spiro atoms. The van der Waals surface area contributed by atoms with Crippen molar-refractivity contribution in [2.45, 2.75) is 32.6 Å². The normalized spacial score (nSPS) is 16.2. The second kappa shape index (κ2) is 3.46. The van der Waals surface area contributed by atoms with E-state index in [0.29, 0.717) is 0 Å². The SMILES string of the molecule is Cc1ccc2c(c1)C(C)(C)Cc1ccccc1-2. The van der Waals surface area contributed by atoms with Crippen molar-refractivity contribution in [2.75, 3.05) is 0 Å². The average molecular weight is 222 g/mol. The molecule has 0 aliphatic heterocycles. The van der Waals surface area contributed by atoms with Crippen molar-refractivity contribution in [1.82, 2.24) is 0 Å². The average Bonchev–Trinajstić information content (AvgIpc) is 2.29. The highest BCUT2D eigenvalue weighted by atomic mass is 14.3. The molecule has 3 rings (SSSR count). The Bertz CT molecular complexity index is 576. The number of rotatable bonds is 0. The maximum Gasteiger partial charge on any atom is -0.00567 e. The van der Waals surface area contributed by atoms with E-state index in [-0.39, 0.29) is 5.41 Å². The fourth-order valence-corrected chi connectivity index (χ4v) is 2.96. The molecule has 0 amide bonds. The summed E-state index contributed by atoms with van der Waals surface area (Å²) in [5, 5.41) is 0. The molecule has 0 heteroatoms. The van der Waals surface area contributed by atoms with Gasteiger partial charge >= 0.3 is 0 Å². The van der Waals surface area contributed by atoms with Crippen LogP contribution >= 0.6 is 0 Å². The standard InChI is InChI=1S/C17H18/c1-12-8-9-15-14-7-5-4-6-13(14)11-17(2,3)16(15)10-12/h4-10H,11H2,1-3H3. The first-order valence-electron chi connectivity index (χ1n) is 6.27. The topological polar surface area (TPSA) is 0 Å². The Morgan fingerprint density at radius 1 is 0.941 bits per heavy atom. The molecule has 2 aromatic carbocycles. The van der Waals surface area contributed by atoms with E-state index in [0.717, 1.165) is 6.42 Å². The predicted molar refractivity (Wildman–Crippen MR) is 73.3 cm³/mol. The van der Waals surface area contributed by atoms with Gasteiger partial charge in [-0.1, -0.05) is 61.9 Å². The molecule has 2 aromatic rings. The van der Waals surface area contributed by atoms with Crippen molar-refractivity contribution >= 4 is 0 Å². The van der Waals surface area contributed by atoms with Crippen LogP contribution in [0.1, 0.15) is 30.5 Å². The van der Waals surface area contributed by atoms with Crippen LogP contribution in [0.15, 0.2) is 42.5 Å². The summed E-state index contributed by atoms with van der Waals surface area (Å²) in [6.45, 7) is 6.87. The zero-order chi connectivity index (χ0) is 12.0. The molecule has 0 saturated heterocycles. The summed E-state index contributed by atoms with van der Waals surface area (Å²) in [5.74, 6) is 0. The van der Waals surface area contributed by atoms with E-state index in [1.807, 2.05) is 0 Å². The molecule has 0 unspecified atom stereocenters. The van der Waals surface area contributed by atoms with Crippen molar-refractivity contribution in [3.63, 3.8) is 0 Å². The van der Waals surface area contributed by atoms with Crippen LogP contribution in [0.4, 0.5) is 0 Å². The molecule has 0 saturated carbocycles. The van der Waals surface area contributed by atoms with Crippen LogP contribution in [0.2, 0.25) is 0 Å². The van der Waals surface area contributed by atoms with E-state index in [1.54, 1.807) is 0 Å². The summed E-state index contributed by atoms with van der Waals surface area (Å²) in [7, 11) is 0. The van der Waals surface area contributed by atoms with Crippen LogP contribution in [0.3, 0.4) is 0 Å². The minimum atomic E-state index is 0.246. The predicted octanol–water partition coefficient (Wildman–Crippen LogP) is 4.50. The van der Waals surface area contributed by atoms with Gasteiger partial charge in [-0.3, -0.25) is 0 Å². The van der Waals surface area contributed by atoms with Gasteiger partial charge in [-0.25, -0.2) is 0 Å². The third kappa shape index (κ3) is 1.59. The second-order valence-corrected chi connectivity index (χ2v) is 5.77. The maximum absolute atomic E-state index is 2.35. The van der Waals surface area contributed by atoms with E-state index >= 15 is 0 Å². The van der Waals surface area contributed by atoms with Crippen molar-refractivity contribution in [2.24, 2.45) is 0 Å². The van der Waals surface area contributed by atoms with Crippen LogP contribution in [0.5, 0.6) is 0 Å². The van der Waals surface area contributed by atoms with Crippen LogP contribution < -0.4 is 0 Å². The molecule has 1 aliphatic carbocycles. The van der Waals surface area contributed by atoms with Crippen LogP contribution in [0.25, 0.3) is 11.1 Å². The highest BCUT2D eigenvalue weighted by Crippen LogP contribution is 2.43.